The van der Waals surface area contributed by atoms with Crippen molar-refractivity contribution >= 4 is 6.09 Å². The van der Waals surface area contributed by atoms with Crippen molar-refractivity contribution in [1.29, 1.82) is 0 Å². The molecule has 1 fully saturated rings. The summed E-state index contributed by atoms with van der Waals surface area (Å²) in [7, 11) is 0. The molecule has 4 nitrogen and oxygen atoms in total. The third-order valence-corrected chi connectivity index (χ3v) is 1.70. The van der Waals surface area contributed by atoms with Gasteiger partial charge in [-0.3, -0.25) is 0 Å². The third kappa shape index (κ3) is 2.38. The predicted molar refractivity (Wildman–Crippen MR) is 41.2 cm³/mol. The van der Waals surface area contributed by atoms with Gasteiger partial charge in [0.1, 0.15) is 6.61 Å². The molecule has 1 atom stereocenters. The van der Waals surface area contributed by atoms with Crippen LogP contribution in [0.2, 0.25) is 0 Å². The fraction of sp³-hybridized carbons (Fsp3) is 0.857. The molecule has 0 spiro atoms. The molecular formula is C7H14N2O2. The largest absolute Gasteiger partial charge is 0.448 e. The highest BCUT2D eigenvalue weighted by molar-refractivity contribution is 5.69. The van der Waals surface area contributed by atoms with E-state index in [1.54, 1.807) is 4.90 Å². The normalized spacial score (nSPS) is 20.2. The van der Waals surface area contributed by atoms with E-state index < -0.39 is 0 Å². The van der Waals surface area contributed by atoms with Gasteiger partial charge < -0.3 is 15.4 Å². The smallest absolute Gasteiger partial charge is 0.409 e. The highest BCUT2D eigenvalue weighted by atomic mass is 16.6. The zero-order valence-corrected chi connectivity index (χ0v) is 6.75. The summed E-state index contributed by atoms with van der Waals surface area (Å²) in [4.78, 5) is 12.5. The Morgan fingerprint density at radius 3 is 3.00 bits per heavy atom. The maximum atomic E-state index is 10.8. The van der Waals surface area contributed by atoms with Crippen LogP contribution in [-0.2, 0) is 4.74 Å². The van der Waals surface area contributed by atoms with E-state index in [1.165, 1.54) is 0 Å². The number of nitrogens with two attached hydrogens (primary N) is 1. The van der Waals surface area contributed by atoms with Gasteiger partial charge in [0.15, 0.2) is 0 Å². The fourth-order valence-corrected chi connectivity index (χ4v) is 0.988. The van der Waals surface area contributed by atoms with Crippen molar-refractivity contribution in [2.24, 2.45) is 5.73 Å². The molecule has 64 valence electrons. The molecule has 0 aromatic rings. The minimum atomic E-state index is -0.203. The quantitative estimate of drug-likeness (QED) is 0.637. The van der Waals surface area contributed by atoms with E-state index in [1.807, 2.05) is 6.92 Å². The van der Waals surface area contributed by atoms with E-state index in [0.717, 1.165) is 13.0 Å². The Balaban J connectivity index is 2.20. The molecule has 11 heavy (non-hydrogen) atoms. The van der Waals surface area contributed by atoms with E-state index in [9.17, 15) is 4.79 Å². The highest BCUT2D eigenvalue weighted by Crippen LogP contribution is 2.04. The van der Waals surface area contributed by atoms with Gasteiger partial charge >= 0.3 is 6.09 Å². The Labute approximate surface area is 66.3 Å². The number of hydrogen-bond acceptors (Lipinski definition) is 3. The molecule has 0 radical (unpaired) electrons. The van der Waals surface area contributed by atoms with Crippen molar-refractivity contribution in [2.45, 2.75) is 19.4 Å². The molecule has 0 aliphatic carbocycles. The first-order chi connectivity index (χ1) is 5.20. The fourth-order valence-electron chi connectivity index (χ4n) is 0.988. The summed E-state index contributed by atoms with van der Waals surface area (Å²) >= 11 is 0. The second-order valence-electron chi connectivity index (χ2n) is 2.87. The Morgan fingerprint density at radius 2 is 2.55 bits per heavy atom. The number of cyclic esters (lactones) is 1. The van der Waals surface area contributed by atoms with Gasteiger partial charge in [-0.15, -0.1) is 0 Å². The molecule has 1 saturated heterocycles. The minimum Gasteiger partial charge on any atom is -0.448 e. The predicted octanol–water partition coefficient (Wildman–Crippen LogP) is 0.176. The molecule has 1 heterocycles. The summed E-state index contributed by atoms with van der Waals surface area (Å²) in [6.07, 6.45) is 0.639. The number of carbonyl (C=O) groups is 1. The standard InChI is InChI=1S/C7H14N2O2/c1-6(8)2-3-9-4-5-11-7(9)10/h6H,2-5,8H2,1H3. The molecule has 0 aromatic carbocycles. The summed E-state index contributed by atoms with van der Waals surface area (Å²) in [5.74, 6) is 0. The third-order valence-electron chi connectivity index (χ3n) is 1.70. The number of nitrogens with zero attached hydrogens (tertiary/aromatic N) is 1. The van der Waals surface area contributed by atoms with Gasteiger partial charge in [0.2, 0.25) is 0 Å². The monoisotopic (exact) mass is 158 g/mol. The van der Waals surface area contributed by atoms with Gasteiger partial charge in [-0.1, -0.05) is 0 Å². The van der Waals surface area contributed by atoms with Gasteiger partial charge in [0.05, 0.1) is 6.54 Å². The molecule has 1 amide bonds. The number of amides is 1. The highest BCUT2D eigenvalue weighted by Gasteiger charge is 2.20. The van der Waals surface area contributed by atoms with Crippen LogP contribution < -0.4 is 5.73 Å². The lowest BCUT2D eigenvalue weighted by molar-refractivity contribution is 0.158. The van der Waals surface area contributed by atoms with Crippen LogP contribution in [0.5, 0.6) is 0 Å². The van der Waals surface area contributed by atoms with Gasteiger partial charge in [-0.25, -0.2) is 4.79 Å². The first kappa shape index (κ1) is 8.33. The van der Waals surface area contributed by atoms with Gasteiger partial charge in [0.25, 0.3) is 0 Å². The molecule has 1 unspecified atom stereocenters. The topological polar surface area (TPSA) is 55.6 Å². The van der Waals surface area contributed by atoms with E-state index in [2.05, 4.69) is 0 Å². The zero-order chi connectivity index (χ0) is 8.27. The maximum Gasteiger partial charge on any atom is 0.409 e. The zero-order valence-electron chi connectivity index (χ0n) is 6.75. The van der Waals surface area contributed by atoms with E-state index in [0.29, 0.717) is 13.2 Å². The Bertz CT molecular complexity index is 147. The first-order valence-corrected chi connectivity index (χ1v) is 3.87. The molecule has 2 N–H and O–H groups in total. The number of ether oxygens (including phenoxy) is 1. The molecule has 1 aliphatic rings. The van der Waals surface area contributed by atoms with Crippen LogP contribution in [0.25, 0.3) is 0 Å². The molecule has 0 aromatic heterocycles. The SMILES string of the molecule is CC(N)CCN1CCOC1=O. The van der Waals surface area contributed by atoms with Crippen molar-refractivity contribution in [3.63, 3.8) is 0 Å². The van der Waals surface area contributed by atoms with Crippen molar-refractivity contribution in [3.8, 4) is 0 Å². The molecule has 4 heteroatoms. The van der Waals surface area contributed by atoms with Crippen molar-refractivity contribution in [2.75, 3.05) is 19.7 Å². The second kappa shape index (κ2) is 3.57. The molecule has 0 bridgehead atoms. The first-order valence-electron chi connectivity index (χ1n) is 3.87. The Hall–Kier alpha value is -0.770. The molecule has 1 rings (SSSR count). The van der Waals surface area contributed by atoms with E-state index in [-0.39, 0.29) is 12.1 Å². The maximum absolute atomic E-state index is 10.8. The van der Waals surface area contributed by atoms with Crippen LogP contribution in [0, 0.1) is 0 Å². The lowest BCUT2D eigenvalue weighted by atomic mass is 10.2. The number of rotatable bonds is 3. The van der Waals surface area contributed by atoms with Crippen molar-refractivity contribution in [3.05, 3.63) is 0 Å². The Morgan fingerprint density at radius 1 is 1.82 bits per heavy atom. The van der Waals surface area contributed by atoms with Gasteiger partial charge in [-0.2, -0.15) is 0 Å². The summed E-state index contributed by atoms with van der Waals surface area (Å²) in [6.45, 7) is 3.89. The number of hydrogen-bond donors (Lipinski definition) is 1. The van der Waals surface area contributed by atoms with Crippen LogP contribution in [0.1, 0.15) is 13.3 Å². The molecular weight excluding hydrogens is 144 g/mol. The van der Waals surface area contributed by atoms with Crippen LogP contribution in [0.4, 0.5) is 4.79 Å². The van der Waals surface area contributed by atoms with Crippen LogP contribution in [0.15, 0.2) is 0 Å². The van der Waals surface area contributed by atoms with Crippen LogP contribution >= 0.6 is 0 Å². The summed E-state index contributed by atoms with van der Waals surface area (Å²) < 4.78 is 4.74. The summed E-state index contributed by atoms with van der Waals surface area (Å²) in [5, 5.41) is 0. The van der Waals surface area contributed by atoms with E-state index >= 15 is 0 Å². The van der Waals surface area contributed by atoms with Crippen molar-refractivity contribution in [1.82, 2.24) is 4.90 Å². The Kier molecular flexibility index (Phi) is 2.70. The van der Waals surface area contributed by atoms with Crippen LogP contribution in [-0.4, -0.2) is 36.7 Å². The average Bonchev–Trinajstić information content (AvgIpc) is 2.31. The van der Waals surface area contributed by atoms with Crippen molar-refractivity contribution < 1.29 is 9.53 Å². The van der Waals surface area contributed by atoms with Crippen LogP contribution in [0.3, 0.4) is 0 Å². The summed E-state index contributed by atoms with van der Waals surface area (Å²) in [5.41, 5.74) is 5.54. The number of carbonyl (C=O) groups excluding carboxylic acids is 1. The minimum absolute atomic E-state index is 0.156. The average molecular weight is 158 g/mol. The molecule has 0 saturated carbocycles. The second-order valence-corrected chi connectivity index (χ2v) is 2.87. The van der Waals surface area contributed by atoms with Gasteiger partial charge in [-0.05, 0) is 13.3 Å². The lowest BCUT2D eigenvalue weighted by Crippen LogP contribution is -2.29. The lowest BCUT2D eigenvalue weighted by Gasteiger charge is -2.13. The summed E-state index contributed by atoms with van der Waals surface area (Å²) in [6, 6.07) is 0.156. The molecule has 1 aliphatic heterocycles. The van der Waals surface area contributed by atoms with E-state index in [4.69, 9.17) is 10.5 Å². The van der Waals surface area contributed by atoms with Gasteiger partial charge in [0, 0.05) is 12.6 Å².